The Kier molecular flexibility index (Phi) is 7.81. The van der Waals surface area contributed by atoms with Crippen LogP contribution in [0.5, 0.6) is 11.5 Å². The molecular formula is C29H23BrN2O3. The number of fused-ring (bicyclic) bond motifs is 1. The van der Waals surface area contributed by atoms with Crippen molar-refractivity contribution in [2.75, 3.05) is 11.9 Å². The number of nitrogens with zero attached hydrogens (tertiary/aromatic N) is 1. The first-order valence-corrected chi connectivity index (χ1v) is 11.9. The van der Waals surface area contributed by atoms with Crippen LogP contribution in [0.15, 0.2) is 95.0 Å². The molecule has 0 heterocycles. The normalized spacial score (nSPS) is 11.1. The molecule has 35 heavy (non-hydrogen) atoms. The molecule has 1 N–H and O–H groups in total. The Morgan fingerprint density at radius 1 is 1.00 bits per heavy atom. The van der Waals surface area contributed by atoms with E-state index in [4.69, 9.17) is 9.47 Å². The van der Waals surface area contributed by atoms with E-state index in [0.717, 1.165) is 15.4 Å². The van der Waals surface area contributed by atoms with E-state index in [1.165, 1.54) is 5.39 Å². The van der Waals surface area contributed by atoms with Gasteiger partial charge in [0.15, 0.2) is 0 Å². The van der Waals surface area contributed by atoms with Crippen LogP contribution in [0.2, 0.25) is 0 Å². The van der Waals surface area contributed by atoms with Gasteiger partial charge in [0, 0.05) is 11.8 Å². The fourth-order valence-electron chi connectivity index (χ4n) is 3.64. The molecule has 0 aliphatic carbocycles. The Balaban J connectivity index is 1.46. The molecule has 5 nitrogen and oxygen atoms in total. The number of carbonyl (C=O) groups is 1. The molecule has 4 aromatic carbocycles. The second kappa shape index (κ2) is 11.4. The van der Waals surface area contributed by atoms with Gasteiger partial charge >= 0.3 is 0 Å². The minimum atomic E-state index is -0.492. The van der Waals surface area contributed by atoms with Gasteiger partial charge in [0.05, 0.1) is 11.1 Å². The van der Waals surface area contributed by atoms with Gasteiger partial charge in [0.1, 0.15) is 29.7 Å². The van der Waals surface area contributed by atoms with Crippen molar-refractivity contribution in [2.45, 2.75) is 13.5 Å². The summed E-state index contributed by atoms with van der Waals surface area (Å²) in [5.41, 5.74) is 2.34. The van der Waals surface area contributed by atoms with Crippen molar-refractivity contribution in [3.8, 4) is 17.6 Å². The predicted molar refractivity (Wildman–Crippen MR) is 142 cm³/mol. The smallest absolute Gasteiger partial charge is 0.266 e. The highest BCUT2D eigenvalue weighted by Crippen LogP contribution is 2.29. The summed E-state index contributed by atoms with van der Waals surface area (Å²) in [5, 5.41) is 14.6. The topological polar surface area (TPSA) is 71.3 Å². The molecule has 0 saturated heterocycles. The summed E-state index contributed by atoms with van der Waals surface area (Å²) in [6.45, 7) is 2.83. The summed E-state index contributed by atoms with van der Waals surface area (Å²) in [6, 6.07) is 28.8. The van der Waals surface area contributed by atoms with Crippen LogP contribution in [0.1, 0.15) is 18.1 Å². The van der Waals surface area contributed by atoms with E-state index in [1.807, 2.05) is 55.5 Å². The van der Waals surface area contributed by atoms with Crippen molar-refractivity contribution in [3.63, 3.8) is 0 Å². The fraction of sp³-hybridized carbons (Fsp3) is 0.103. The lowest BCUT2D eigenvalue weighted by atomic mass is 10.1. The Morgan fingerprint density at radius 2 is 1.80 bits per heavy atom. The molecule has 0 bridgehead atoms. The Hall–Kier alpha value is -4.08. The van der Waals surface area contributed by atoms with Crippen molar-refractivity contribution in [2.24, 2.45) is 0 Å². The van der Waals surface area contributed by atoms with Gasteiger partial charge < -0.3 is 14.8 Å². The number of nitrogens with one attached hydrogen (secondary N) is 1. The molecule has 0 saturated carbocycles. The minimum absolute atomic E-state index is 0.0110. The predicted octanol–water partition coefficient (Wildman–Crippen LogP) is 7.13. The van der Waals surface area contributed by atoms with Crippen molar-refractivity contribution >= 4 is 44.4 Å². The number of nitriles is 1. The van der Waals surface area contributed by atoms with Crippen LogP contribution >= 0.6 is 15.9 Å². The second-order valence-corrected chi connectivity index (χ2v) is 8.56. The molecule has 0 spiro atoms. The molecule has 174 valence electrons. The van der Waals surface area contributed by atoms with Crippen molar-refractivity contribution in [1.29, 1.82) is 5.26 Å². The third-order valence-corrected chi connectivity index (χ3v) is 5.92. The largest absolute Gasteiger partial charge is 0.494 e. The van der Waals surface area contributed by atoms with E-state index >= 15 is 0 Å². The van der Waals surface area contributed by atoms with E-state index in [0.29, 0.717) is 36.0 Å². The molecule has 4 rings (SSSR count). The molecule has 0 radical (unpaired) electrons. The summed E-state index contributed by atoms with van der Waals surface area (Å²) >= 11 is 3.54. The SMILES string of the molecule is CCOc1cccc(NC(=O)/C(C#N)=C\c2ccc(OCc3cccc4ccccc34)c(Br)c2)c1. The van der Waals surface area contributed by atoms with Crippen molar-refractivity contribution in [3.05, 3.63) is 106 Å². The van der Waals surface area contributed by atoms with Crippen LogP contribution in [0, 0.1) is 11.3 Å². The molecule has 0 unspecified atom stereocenters. The van der Waals surface area contributed by atoms with Crippen LogP contribution in [0.4, 0.5) is 5.69 Å². The Labute approximate surface area is 212 Å². The number of ether oxygens (including phenoxy) is 2. The van der Waals surface area contributed by atoms with Crippen LogP contribution in [0.3, 0.4) is 0 Å². The first-order valence-electron chi connectivity index (χ1n) is 11.1. The molecule has 0 aromatic heterocycles. The average Bonchev–Trinajstić information content (AvgIpc) is 2.87. The lowest BCUT2D eigenvalue weighted by Gasteiger charge is -2.11. The highest BCUT2D eigenvalue weighted by molar-refractivity contribution is 9.10. The molecule has 0 aliphatic rings. The second-order valence-electron chi connectivity index (χ2n) is 7.70. The zero-order chi connectivity index (χ0) is 24.6. The minimum Gasteiger partial charge on any atom is -0.494 e. The monoisotopic (exact) mass is 526 g/mol. The number of halogens is 1. The van der Waals surface area contributed by atoms with E-state index in [-0.39, 0.29) is 5.57 Å². The number of hydrogen-bond donors (Lipinski definition) is 1. The average molecular weight is 527 g/mol. The van der Waals surface area contributed by atoms with E-state index < -0.39 is 5.91 Å². The number of hydrogen-bond acceptors (Lipinski definition) is 4. The number of carbonyl (C=O) groups excluding carboxylic acids is 1. The van der Waals surface area contributed by atoms with Gasteiger partial charge in [-0.05, 0) is 75.1 Å². The highest BCUT2D eigenvalue weighted by atomic mass is 79.9. The number of amides is 1. The summed E-state index contributed by atoms with van der Waals surface area (Å²) < 4.78 is 12.2. The van der Waals surface area contributed by atoms with Gasteiger partial charge in [-0.1, -0.05) is 54.6 Å². The first kappa shape index (κ1) is 24.1. The number of rotatable bonds is 8. The quantitative estimate of drug-likeness (QED) is 0.196. The summed E-state index contributed by atoms with van der Waals surface area (Å²) in [7, 11) is 0. The van der Waals surface area contributed by atoms with E-state index in [2.05, 4.69) is 45.5 Å². The van der Waals surface area contributed by atoms with Crippen LogP contribution in [0.25, 0.3) is 16.8 Å². The summed E-state index contributed by atoms with van der Waals surface area (Å²) in [4.78, 5) is 12.7. The van der Waals surface area contributed by atoms with Crippen LogP contribution in [-0.4, -0.2) is 12.5 Å². The first-order chi connectivity index (χ1) is 17.1. The highest BCUT2D eigenvalue weighted by Gasteiger charge is 2.11. The third-order valence-electron chi connectivity index (χ3n) is 5.30. The molecule has 1 amide bonds. The molecule has 0 fully saturated rings. The molecular weight excluding hydrogens is 504 g/mol. The molecule has 6 heteroatoms. The van der Waals surface area contributed by atoms with E-state index in [1.54, 1.807) is 24.3 Å². The lowest BCUT2D eigenvalue weighted by molar-refractivity contribution is -0.112. The van der Waals surface area contributed by atoms with Crippen molar-refractivity contribution in [1.82, 2.24) is 0 Å². The zero-order valence-corrected chi connectivity index (χ0v) is 20.7. The van der Waals surface area contributed by atoms with Crippen LogP contribution in [-0.2, 0) is 11.4 Å². The van der Waals surface area contributed by atoms with Gasteiger partial charge in [0.2, 0.25) is 0 Å². The summed E-state index contributed by atoms with van der Waals surface area (Å²) in [6.07, 6.45) is 1.54. The van der Waals surface area contributed by atoms with Gasteiger partial charge in [-0.25, -0.2) is 0 Å². The number of anilines is 1. The lowest BCUT2D eigenvalue weighted by Crippen LogP contribution is -2.13. The van der Waals surface area contributed by atoms with Gasteiger partial charge in [0.25, 0.3) is 5.91 Å². The Bertz CT molecular complexity index is 1430. The fourth-order valence-corrected chi connectivity index (χ4v) is 4.15. The standard InChI is InChI=1S/C29H23BrN2O3/c1-2-34-25-11-6-10-24(17-25)32-29(33)23(18-31)15-20-13-14-28(27(30)16-20)35-19-22-9-5-8-21-7-3-4-12-26(21)22/h3-17H,2,19H2,1H3,(H,32,33)/b23-15-. The van der Waals surface area contributed by atoms with Crippen LogP contribution < -0.4 is 14.8 Å². The maximum atomic E-state index is 12.7. The van der Waals surface area contributed by atoms with E-state index in [9.17, 15) is 10.1 Å². The summed E-state index contributed by atoms with van der Waals surface area (Å²) in [5.74, 6) is 0.829. The maximum Gasteiger partial charge on any atom is 0.266 e. The molecule has 0 atom stereocenters. The van der Waals surface area contributed by atoms with Gasteiger partial charge in [-0.3, -0.25) is 4.79 Å². The Morgan fingerprint density at radius 3 is 2.60 bits per heavy atom. The number of benzene rings is 4. The third kappa shape index (κ3) is 6.08. The molecule has 0 aliphatic heterocycles. The van der Waals surface area contributed by atoms with Gasteiger partial charge in [-0.2, -0.15) is 5.26 Å². The van der Waals surface area contributed by atoms with Gasteiger partial charge in [-0.15, -0.1) is 0 Å². The van der Waals surface area contributed by atoms with Crippen molar-refractivity contribution < 1.29 is 14.3 Å². The molecule has 4 aromatic rings. The zero-order valence-electron chi connectivity index (χ0n) is 19.1. The maximum absolute atomic E-state index is 12.7.